The third-order valence-electron chi connectivity index (χ3n) is 2.97. The SMILES string of the molecule is CC1C(=O)NC(=O)CN1c1cc([C@@H](C)O)ccn1. The second-order valence-corrected chi connectivity index (χ2v) is 4.34. The van der Waals surface area contributed by atoms with Crippen molar-refractivity contribution in [3.63, 3.8) is 0 Å². The zero-order chi connectivity index (χ0) is 13.3. The number of nitrogens with zero attached hydrogens (tertiary/aromatic N) is 2. The molecule has 1 fully saturated rings. The van der Waals surface area contributed by atoms with Crippen LogP contribution in [0, 0.1) is 0 Å². The van der Waals surface area contributed by atoms with E-state index in [9.17, 15) is 14.7 Å². The lowest BCUT2D eigenvalue weighted by molar-refractivity contribution is -0.132. The van der Waals surface area contributed by atoms with Gasteiger partial charge in [-0.15, -0.1) is 0 Å². The predicted octanol–water partition coefficient (Wildman–Crippen LogP) is -0.0138. The van der Waals surface area contributed by atoms with E-state index >= 15 is 0 Å². The molecule has 0 spiro atoms. The Labute approximate surface area is 105 Å². The number of aliphatic hydroxyl groups is 1. The summed E-state index contributed by atoms with van der Waals surface area (Å²) < 4.78 is 0. The van der Waals surface area contributed by atoms with Crippen LogP contribution in [-0.2, 0) is 9.59 Å². The molecule has 2 N–H and O–H groups in total. The zero-order valence-corrected chi connectivity index (χ0v) is 10.3. The second-order valence-electron chi connectivity index (χ2n) is 4.34. The highest BCUT2D eigenvalue weighted by molar-refractivity contribution is 6.04. The van der Waals surface area contributed by atoms with Crippen molar-refractivity contribution in [3.05, 3.63) is 23.9 Å². The van der Waals surface area contributed by atoms with E-state index in [2.05, 4.69) is 10.3 Å². The first-order chi connectivity index (χ1) is 8.49. The summed E-state index contributed by atoms with van der Waals surface area (Å²) in [5.41, 5.74) is 0.700. The fourth-order valence-electron chi connectivity index (χ4n) is 1.85. The average molecular weight is 249 g/mol. The van der Waals surface area contributed by atoms with Crippen LogP contribution in [-0.4, -0.2) is 34.5 Å². The molecule has 2 amide bonds. The third kappa shape index (κ3) is 2.33. The standard InChI is InChI=1S/C12H15N3O3/c1-7-12(18)14-11(17)6-15(7)10-5-9(8(2)16)3-4-13-10/h3-5,7-8,16H,6H2,1-2H3,(H,14,17,18)/t7?,8-/m1/s1. The van der Waals surface area contributed by atoms with Gasteiger partial charge in [-0.3, -0.25) is 14.9 Å². The molecule has 0 aromatic carbocycles. The number of piperazine rings is 1. The summed E-state index contributed by atoms with van der Waals surface area (Å²) >= 11 is 0. The molecule has 6 heteroatoms. The smallest absolute Gasteiger partial charge is 0.249 e. The second kappa shape index (κ2) is 4.73. The topological polar surface area (TPSA) is 82.5 Å². The van der Waals surface area contributed by atoms with E-state index in [1.165, 1.54) is 0 Å². The Hall–Kier alpha value is -1.95. The summed E-state index contributed by atoms with van der Waals surface area (Å²) in [6.45, 7) is 3.44. The lowest BCUT2D eigenvalue weighted by Gasteiger charge is -2.32. The van der Waals surface area contributed by atoms with Gasteiger partial charge >= 0.3 is 0 Å². The molecule has 1 saturated heterocycles. The van der Waals surface area contributed by atoms with Crippen LogP contribution in [0.2, 0.25) is 0 Å². The van der Waals surface area contributed by atoms with Gasteiger partial charge in [0.25, 0.3) is 0 Å². The Morgan fingerprint density at radius 2 is 2.28 bits per heavy atom. The van der Waals surface area contributed by atoms with Crippen molar-refractivity contribution in [1.82, 2.24) is 10.3 Å². The minimum Gasteiger partial charge on any atom is -0.389 e. The van der Waals surface area contributed by atoms with Gasteiger partial charge < -0.3 is 10.0 Å². The summed E-state index contributed by atoms with van der Waals surface area (Å²) in [7, 11) is 0. The van der Waals surface area contributed by atoms with Crippen LogP contribution < -0.4 is 10.2 Å². The molecule has 18 heavy (non-hydrogen) atoms. The van der Waals surface area contributed by atoms with Crippen LogP contribution in [0.25, 0.3) is 0 Å². The van der Waals surface area contributed by atoms with Crippen molar-refractivity contribution >= 4 is 17.6 Å². The Bertz CT molecular complexity index is 487. The molecule has 1 aromatic heterocycles. The summed E-state index contributed by atoms with van der Waals surface area (Å²) in [6, 6.07) is 2.93. The number of aliphatic hydroxyl groups excluding tert-OH is 1. The normalized spacial score (nSPS) is 21.7. The highest BCUT2D eigenvalue weighted by Crippen LogP contribution is 2.20. The van der Waals surface area contributed by atoms with Gasteiger partial charge in [-0.2, -0.15) is 0 Å². The molecule has 2 atom stereocenters. The highest BCUT2D eigenvalue weighted by atomic mass is 16.3. The van der Waals surface area contributed by atoms with Crippen LogP contribution in [0.15, 0.2) is 18.3 Å². The first-order valence-electron chi connectivity index (χ1n) is 5.73. The maximum absolute atomic E-state index is 11.6. The molecule has 0 aliphatic carbocycles. The summed E-state index contributed by atoms with van der Waals surface area (Å²) in [6.07, 6.45) is 0.942. The molecule has 2 heterocycles. The van der Waals surface area contributed by atoms with Gasteiger partial charge in [-0.25, -0.2) is 4.98 Å². The average Bonchev–Trinajstić information content (AvgIpc) is 2.34. The van der Waals surface area contributed by atoms with Crippen LogP contribution >= 0.6 is 0 Å². The van der Waals surface area contributed by atoms with Gasteiger partial charge in [0.15, 0.2) is 0 Å². The van der Waals surface area contributed by atoms with Crippen molar-refractivity contribution in [2.24, 2.45) is 0 Å². The van der Waals surface area contributed by atoms with Gasteiger partial charge in [0.05, 0.1) is 12.6 Å². The van der Waals surface area contributed by atoms with Crippen molar-refractivity contribution in [1.29, 1.82) is 0 Å². The Morgan fingerprint density at radius 3 is 2.94 bits per heavy atom. The molecule has 0 saturated carbocycles. The lowest BCUT2D eigenvalue weighted by Crippen LogP contribution is -2.57. The van der Waals surface area contributed by atoms with Crippen LogP contribution in [0.1, 0.15) is 25.5 Å². The number of imide groups is 1. The quantitative estimate of drug-likeness (QED) is 0.720. The number of carbonyl (C=O) groups is 2. The molecular weight excluding hydrogens is 234 g/mol. The number of hydrogen-bond donors (Lipinski definition) is 2. The first-order valence-corrected chi connectivity index (χ1v) is 5.73. The molecule has 0 radical (unpaired) electrons. The molecule has 0 bridgehead atoms. The van der Waals surface area contributed by atoms with E-state index in [1.807, 2.05) is 0 Å². The largest absolute Gasteiger partial charge is 0.389 e. The number of nitrogens with one attached hydrogen (secondary N) is 1. The third-order valence-corrected chi connectivity index (χ3v) is 2.97. The van der Waals surface area contributed by atoms with Gasteiger partial charge in [0.1, 0.15) is 11.9 Å². The number of anilines is 1. The number of hydrogen-bond acceptors (Lipinski definition) is 5. The Morgan fingerprint density at radius 1 is 1.56 bits per heavy atom. The van der Waals surface area contributed by atoms with Crippen LogP contribution in [0.3, 0.4) is 0 Å². The number of aromatic nitrogens is 1. The van der Waals surface area contributed by atoms with E-state index in [0.717, 1.165) is 0 Å². The van der Waals surface area contributed by atoms with Gasteiger partial charge in [-0.05, 0) is 31.5 Å². The number of amides is 2. The monoisotopic (exact) mass is 249 g/mol. The molecule has 2 rings (SSSR count). The lowest BCUT2D eigenvalue weighted by atomic mass is 10.1. The number of pyridine rings is 1. The van der Waals surface area contributed by atoms with Gasteiger partial charge in [0.2, 0.25) is 11.8 Å². The molecule has 1 unspecified atom stereocenters. The van der Waals surface area contributed by atoms with E-state index in [-0.39, 0.29) is 18.4 Å². The minimum atomic E-state index is -0.614. The molecular formula is C12H15N3O3. The highest BCUT2D eigenvalue weighted by Gasteiger charge is 2.31. The summed E-state index contributed by atoms with van der Waals surface area (Å²) in [5.74, 6) is -0.165. The zero-order valence-electron chi connectivity index (χ0n) is 10.3. The predicted molar refractivity (Wildman–Crippen MR) is 64.8 cm³/mol. The molecule has 96 valence electrons. The molecule has 1 aliphatic rings. The number of rotatable bonds is 2. The van der Waals surface area contributed by atoms with E-state index in [1.54, 1.807) is 37.1 Å². The van der Waals surface area contributed by atoms with Crippen molar-refractivity contribution in [3.8, 4) is 0 Å². The van der Waals surface area contributed by atoms with Crippen LogP contribution in [0.5, 0.6) is 0 Å². The maximum Gasteiger partial charge on any atom is 0.249 e. The minimum absolute atomic E-state index is 0.0865. The summed E-state index contributed by atoms with van der Waals surface area (Å²) in [4.78, 5) is 28.7. The fraction of sp³-hybridized carbons (Fsp3) is 0.417. The van der Waals surface area contributed by atoms with Gasteiger partial charge in [-0.1, -0.05) is 0 Å². The van der Waals surface area contributed by atoms with E-state index in [0.29, 0.717) is 11.4 Å². The van der Waals surface area contributed by atoms with Crippen LogP contribution in [0.4, 0.5) is 5.82 Å². The molecule has 1 aliphatic heterocycles. The molecule has 6 nitrogen and oxygen atoms in total. The van der Waals surface area contributed by atoms with Crippen molar-refractivity contribution in [2.45, 2.75) is 26.0 Å². The Kier molecular flexibility index (Phi) is 3.29. The fourth-order valence-corrected chi connectivity index (χ4v) is 1.85. The first kappa shape index (κ1) is 12.5. The Balaban J connectivity index is 2.32. The number of carbonyl (C=O) groups excluding carboxylic acids is 2. The summed E-state index contributed by atoms with van der Waals surface area (Å²) in [5, 5.41) is 11.8. The van der Waals surface area contributed by atoms with E-state index in [4.69, 9.17) is 0 Å². The van der Waals surface area contributed by atoms with E-state index < -0.39 is 12.1 Å². The van der Waals surface area contributed by atoms with Gasteiger partial charge in [0, 0.05) is 6.20 Å². The maximum atomic E-state index is 11.6. The van der Waals surface area contributed by atoms with Crippen molar-refractivity contribution in [2.75, 3.05) is 11.4 Å². The molecule has 1 aromatic rings. The van der Waals surface area contributed by atoms with Crippen molar-refractivity contribution < 1.29 is 14.7 Å².